The Morgan fingerprint density at radius 2 is 1.85 bits per heavy atom. The number of nitrogens with zero attached hydrogens (tertiary/aromatic N) is 3. The molecule has 0 saturated carbocycles. The summed E-state index contributed by atoms with van der Waals surface area (Å²) in [5.74, 6) is 0. The van der Waals surface area contributed by atoms with Gasteiger partial charge in [0.25, 0.3) is 0 Å². The summed E-state index contributed by atoms with van der Waals surface area (Å²) >= 11 is 0. The Balaban J connectivity index is 1.66. The summed E-state index contributed by atoms with van der Waals surface area (Å²) in [6.45, 7) is 3.80. The smallest absolute Gasteiger partial charge is 0.164 e. The molecule has 26 heavy (non-hydrogen) atoms. The van der Waals surface area contributed by atoms with Crippen LogP contribution in [0.25, 0.3) is 11.0 Å². The number of ether oxygens (including phenoxy) is 1. The van der Waals surface area contributed by atoms with Gasteiger partial charge in [0.15, 0.2) is 6.23 Å². The molecule has 7 nitrogen and oxygen atoms in total. The van der Waals surface area contributed by atoms with Gasteiger partial charge in [0.1, 0.15) is 30.1 Å². The number of rotatable bonds is 3. The van der Waals surface area contributed by atoms with E-state index in [2.05, 4.69) is 9.97 Å². The van der Waals surface area contributed by atoms with Gasteiger partial charge in [-0.25, -0.2) is 4.98 Å². The third-order valence-electron chi connectivity index (χ3n) is 4.96. The van der Waals surface area contributed by atoms with E-state index in [1.165, 1.54) is 0 Å². The summed E-state index contributed by atoms with van der Waals surface area (Å²) < 4.78 is 7.58. The van der Waals surface area contributed by atoms with Crippen molar-refractivity contribution in [2.45, 2.75) is 44.5 Å². The molecule has 1 aliphatic rings. The minimum Gasteiger partial charge on any atom is -0.387 e. The van der Waals surface area contributed by atoms with Crippen LogP contribution in [0.15, 0.2) is 42.9 Å². The van der Waals surface area contributed by atoms with Crippen molar-refractivity contribution in [3.63, 3.8) is 0 Å². The minimum atomic E-state index is -1.23. The molecule has 136 valence electrons. The Morgan fingerprint density at radius 3 is 2.62 bits per heavy atom. The lowest BCUT2D eigenvalue weighted by atomic mass is 9.99. The fourth-order valence-corrected chi connectivity index (χ4v) is 3.52. The molecule has 1 saturated heterocycles. The maximum absolute atomic E-state index is 10.7. The van der Waals surface area contributed by atoms with Gasteiger partial charge in [-0.2, -0.15) is 0 Å². The molecular formula is C19H21N3O4. The number of hydrogen-bond acceptors (Lipinski definition) is 6. The molecule has 4 heterocycles. The van der Waals surface area contributed by atoms with Crippen LogP contribution in [-0.2, 0) is 4.74 Å². The summed E-state index contributed by atoms with van der Waals surface area (Å²) in [4.78, 5) is 8.47. The van der Waals surface area contributed by atoms with E-state index in [0.29, 0.717) is 11.2 Å². The molecule has 3 aromatic heterocycles. The Hall–Kier alpha value is -2.32. The second-order valence-electron chi connectivity index (χ2n) is 6.74. The standard InChI is InChI=1S/C19H21N3O4/c1-10-3-6-21-18-13(10)5-8-22(18)19-16(25)15(24)17(26-19)14(23)12-4-7-20-11(2)9-12/h3-9,14-17,19,23-25H,1-2H3. The van der Waals surface area contributed by atoms with E-state index < -0.39 is 30.6 Å². The number of aryl methyl sites for hydroxylation is 2. The van der Waals surface area contributed by atoms with E-state index in [4.69, 9.17) is 4.74 Å². The monoisotopic (exact) mass is 355 g/mol. The highest BCUT2D eigenvalue weighted by Gasteiger charge is 2.47. The number of pyridine rings is 2. The molecule has 1 aliphatic heterocycles. The van der Waals surface area contributed by atoms with E-state index >= 15 is 0 Å². The molecule has 0 radical (unpaired) electrons. The van der Waals surface area contributed by atoms with Crippen LogP contribution in [0.4, 0.5) is 0 Å². The van der Waals surface area contributed by atoms with Gasteiger partial charge in [-0.1, -0.05) is 0 Å². The molecule has 0 amide bonds. The average Bonchev–Trinajstić information content (AvgIpc) is 3.18. The lowest BCUT2D eigenvalue weighted by molar-refractivity contribution is -0.0848. The highest BCUT2D eigenvalue weighted by Crippen LogP contribution is 2.37. The number of fused-ring (bicyclic) bond motifs is 1. The lowest BCUT2D eigenvalue weighted by Gasteiger charge is -2.21. The molecule has 5 unspecified atom stereocenters. The Labute approximate surface area is 150 Å². The normalized spacial score (nSPS) is 27.1. The zero-order chi connectivity index (χ0) is 18.4. The van der Waals surface area contributed by atoms with Crippen molar-refractivity contribution in [2.75, 3.05) is 0 Å². The van der Waals surface area contributed by atoms with Gasteiger partial charge in [-0.3, -0.25) is 4.98 Å². The van der Waals surface area contributed by atoms with Crippen LogP contribution in [0.1, 0.15) is 29.2 Å². The van der Waals surface area contributed by atoms with Crippen LogP contribution in [0.3, 0.4) is 0 Å². The summed E-state index contributed by atoms with van der Waals surface area (Å²) in [6.07, 6.45) is -0.230. The largest absolute Gasteiger partial charge is 0.387 e. The van der Waals surface area contributed by atoms with E-state index in [1.54, 1.807) is 35.3 Å². The third-order valence-corrected chi connectivity index (χ3v) is 4.96. The van der Waals surface area contributed by atoms with Crippen LogP contribution >= 0.6 is 0 Å². The van der Waals surface area contributed by atoms with Crippen LogP contribution in [0.5, 0.6) is 0 Å². The fraction of sp³-hybridized carbons (Fsp3) is 0.368. The number of aliphatic hydroxyl groups excluding tert-OH is 3. The van der Waals surface area contributed by atoms with Gasteiger partial charge in [-0.05, 0) is 49.2 Å². The van der Waals surface area contributed by atoms with Crippen LogP contribution in [0.2, 0.25) is 0 Å². The number of aromatic nitrogens is 3. The van der Waals surface area contributed by atoms with Crippen molar-refractivity contribution in [1.82, 2.24) is 14.5 Å². The van der Waals surface area contributed by atoms with Gasteiger partial charge in [-0.15, -0.1) is 0 Å². The predicted molar refractivity (Wildman–Crippen MR) is 94.3 cm³/mol. The molecule has 7 heteroatoms. The minimum absolute atomic E-state index is 0.584. The maximum Gasteiger partial charge on any atom is 0.164 e. The number of hydrogen-bond donors (Lipinski definition) is 3. The fourth-order valence-electron chi connectivity index (χ4n) is 3.52. The summed E-state index contributed by atoms with van der Waals surface area (Å²) in [5.41, 5.74) is 3.06. The van der Waals surface area contributed by atoms with E-state index in [-0.39, 0.29) is 0 Å². The first-order valence-corrected chi connectivity index (χ1v) is 8.52. The summed E-state index contributed by atoms with van der Waals surface area (Å²) in [5, 5.41) is 32.6. The summed E-state index contributed by atoms with van der Waals surface area (Å²) in [7, 11) is 0. The molecular weight excluding hydrogens is 334 g/mol. The third kappa shape index (κ3) is 2.69. The maximum atomic E-state index is 10.7. The van der Waals surface area contributed by atoms with Crippen molar-refractivity contribution >= 4 is 11.0 Å². The Kier molecular flexibility index (Phi) is 4.24. The second-order valence-corrected chi connectivity index (χ2v) is 6.74. The topological polar surface area (TPSA) is 101 Å². The molecule has 0 aromatic carbocycles. The first-order chi connectivity index (χ1) is 12.5. The van der Waals surface area contributed by atoms with Gasteiger partial charge >= 0.3 is 0 Å². The van der Waals surface area contributed by atoms with Crippen molar-refractivity contribution in [3.05, 3.63) is 59.7 Å². The number of aliphatic hydroxyl groups is 3. The molecule has 0 spiro atoms. The SMILES string of the molecule is Cc1cc(C(O)C2OC(n3ccc4c(C)ccnc43)C(O)C2O)ccn1. The van der Waals surface area contributed by atoms with Crippen molar-refractivity contribution in [2.24, 2.45) is 0 Å². The Bertz CT molecular complexity index is 941. The highest BCUT2D eigenvalue weighted by atomic mass is 16.6. The van der Waals surface area contributed by atoms with Crippen LogP contribution in [0, 0.1) is 13.8 Å². The summed E-state index contributed by atoms with van der Waals surface area (Å²) in [6, 6.07) is 7.21. The van der Waals surface area contributed by atoms with E-state index in [0.717, 1.165) is 16.6 Å². The van der Waals surface area contributed by atoms with Gasteiger partial charge < -0.3 is 24.6 Å². The molecule has 0 bridgehead atoms. The Morgan fingerprint density at radius 1 is 1.08 bits per heavy atom. The zero-order valence-electron chi connectivity index (χ0n) is 14.5. The molecule has 3 N–H and O–H groups in total. The highest BCUT2D eigenvalue weighted by molar-refractivity contribution is 5.79. The lowest BCUT2D eigenvalue weighted by Crippen LogP contribution is -2.34. The first kappa shape index (κ1) is 17.1. The zero-order valence-corrected chi connectivity index (χ0v) is 14.5. The molecule has 5 atom stereocenters. The van der Waals surface area contributed by atoms with Gasteiger partial charge in [0.05, 0.1) is 0 Å². The molecule has 1 fully saturated rings. The predicted octanol–water partition coefficient (Wildman–Crippen LogP) is 1.40. The molecule has 3 aromatic rings. The van der Waals surface area contributed by atoms with Gasteiger partial charge in [0.2, 0.25) is 0 Å². The van der Waals surface area contributed by atoms with Crippen molar-refractivity contribution < 1.29 is 20.1 Å². The average molecular weight is 355 g/mol. The van der Waals surface area contributed by atoms with E-state index in [9.17, 15) is 15.3 Å². The second kappa shape index (κ2) is 6.44. The van der Waals surface area contributed by atoms with Crippen LogP contribution in [-0.4, -0.2) is 48.2 Å². The quantitative estimate of drug-likeness (QED) is 0.657. The molecule has 0 aliphatic carbocycles. The van der Waals surface area contributed by atoms with Crippen molar-refractivity contribution in [1.29, 1.82) is 0 Å². The molecule has 4 rings (SSSR count). The van der Waals surface area contributed by atoms with Crippen LogP contribution < -0.4 is 0 Å². The van der Waals surface area contributed by atoms with E-state index in [1.807, 2.05) is 26.0 Å². The van der Waals surface area contributed by atoms with Crippen molar-refractivity contribution in [3.8, 4) is 0 Å². The van der Waals surface area contributed by atoms with Gasteiger partial charge in [0, 0.05) is 29.7 Å². The first-order valence-electron chi connectivity index (χ1n) is 8.52.